The van der Waals surface area contributed by atoms with Gasteiger partial charge in [-0.1, -0.05) is 87.9 Å². The number of carbonyl (C=O) groups excluding carboxylic acids is 1. The van der Waals surface area contributed by atoms with E-state index >= 15 is 0 Å². The second-order valence-corrected chi connectivity index (χ2v) is 9.41. The van der Waals surface area contributed by atoms with E-state index in [0.29, 0.717) is 30.6 Å². The van der Waals surface area contributed by atoms with Gasteiger partial charge in [-0.2, -0.15) is 0 Å². The summed E-state index contributed by atoms with van der Waals surface area (Å²) in [6.45, 7) is 6.65. The van der Waals surface area contributed by atoms with Gasteiger partial charge in [0.15, 0.2) is 0 Å². The molecular formula is C27H36O3. The molecule has 1 fully saturated rings. The summed E-state index contributed by atoms with van der Waals surface area (Å²) in [7, 11) is 0. The zero-order valence-electron chi connectivity index (χ0n) is 18.6. The van der Waals surface area contributed by atoms with E-state index in [-0.39, 0.29) is 18.5 Å². The number of carbonyl (C=O) groups is 1. The minimum Gasteiger partial charge on any atom is -0.462 e. The van der Waals surface area contributed by atoms with Crippen molar-refractivity contribution >= 4 is 5.97 Å². The lowest BCUT2D eigenvalue weighted by Gasteiger charge is -2.37. The van der Waals surface area contributed by atoms with Crippen LogP contribution in [0.5, 0.6) is 0 Å². The van der Waals surface area contributed by atoms with Crippen molar-refractivity contribution in [3.8, 4) is 0 Å². The first-order chi connectivity index (χ1) is 14.4. The van der Waals surface area contributed by atoms with Crippen molar-refractivity contribution < 1.29 is 14.6 Å². The molecule has 1 N–H and O–H groups in total. The molecule has 1 saturated carbocycles. The molecule has 0 aromatic heterocycles. The molecule has 1 aliphatic rings. The summed E-state index contributed by atoms with van der Waals surface area (Å²) < 4.78 is 6.01. The van der Waals surface area contributed by atoms with Crippen LogP contribution in [-0.2, 0) is 21.6 Å². The molecule has 2 aromatic rings. The van der Waals surface area contributed by atoms with Crippen LogP contribution in [0, 0.1) is 17.8 Å². The Morgan fingerprint density at radius 3 is 2.33 bits per heavy atom. The minimum absolute atomic E-state index is 0.0143. The van der Waals surface area contributed by atoms with Crippen LogP contribution in [0.15, 0.2) is 60.7 Å². The number of aliphatic hydroxyl groups is 1. The molecule has 0 radical (unpaired) electrons. The first kappa shape index (κ1) is 22.6. The molecule has 3 nitrogen and oxygen atoms in total. The molecule has 0 unspecified atom stereocenters. The van der Waals surface area contributed by atoms with Gasteiger partial charge in [-0.3, -0.25) is 4.79 Å². The molecule has 3 rings (SSSR count). The Morgan fingerprint density at radius 2 is 1.70 bits per heavy atom. The number of benzene rings is 2. The van der Waals surface area contributed by atoms with Crippen molar-refractivity contribution in [1.82, 2.24) is 0 Å². The predicted octanol–water partition coefficient (Wildman–Crippen LogP) is 5.90. The Labute approximate surface area is 181 Å². The molecule has 4 atom stereocenters. The van der Waals surface area contributed by atoms with E-state index in [2.05, 4.69) is 32.9 Å². The van der Waals surface area contributed by atoms with Gasteiger partial charge < -0.3 is 9.84 Å². The summed E-state index contributed by atoms with van der Waals surface area (Å²) in [6, 6.07) is 19.6. The highest BCUT2D eigenvalue weighted by Crippen LogP contribution is 2.37. The molecule has 0 bridgehead atoms. The van der Waals surface area contributed by atoms with E-state index in [0.717, 1.165) is 24.0 Å². The standard InChI is InChI=1S/C27H36O3/c1-20(2)24-15-14-21(3)18-25(24)30-26(28)19-27(29,23-12-8-5-9-13-23)17-16-22-10-6-4-7-11-22/h4-13,20-21,24-25,29H,14-19H2,1-3H3/t21-,24+,25-,27+/m1/s1. The second-order valence-electron chi connectivity index (χ2n) is 9.41. The Kier molecular flexibility index (Phi) is 7.71. The summed E-state index contributed by atoms with van der Waals surface area (Å²) in [5.41, 5.74) is 0.693. The molecule has 0 heterocycles. The van der Waals surface area contributed by atoms with Crippen molar-refractivity contribution in [3.05, 3.63) is 71.8 Å². The predicted molar refractivity (Wildman–Crippen MR) is 121 cm³/mol. The lowest BCUT2D eigenvalue weighted by Crippen LogP contribution is -2.38. The lowest BCUT2D eigenvalue weighted by atomic mass is 9.75. The zero-order chi connectivity index (χ0) is 21.6. The zero-order valence-corrected chi connectivity index (χ0v) is 18.6. The fourth-order valence-corrected chi connectivity index (χ4v) is 4.78. The van der Waals surface area contributed by atoms with Gasteiger partial charge in [0.1, 0.15) is 11.7 Å². The Hall–Kier alpha value is -2.13. The van der Waals surface area contributed by atoms with Crippen LogP contribution in [0.3, 0.4) is 0 Å². The van der Waals surface area contributed by atoms with E-state index in [9.17, 15) is 9.90 Å². The van der Waals surface area contributed by atoms with Crippen molar-refractivity contribution in [2.24, 2.45) is 17.8 Å². The molecule has 0 saturated heterocycles. The van der Waals surface area contributed by atoms with Crippen LogP contribution in [-0.4, -0.2) is 17.2 Å². The van der Waals surface area contributed by atoms with E-state index < -0.39 is 5.60 Å². The summed E-state index contributed by atoms with van der Waals surface area (Å²) in [5, 5.41) is 11.6. The van der Waals surface area contributed by atoms with E-state index in [1.807, 2.05) is 48.5 Å². The number of ether oxygens (including phenoxy) is 1. The van der Waals surface area contributed by atoms with Gasteiger partial charge in [0.05, 0.1) is 6.42 Å². The van der Waals surface area contributed by atoms with E-state index in [1.165, 1.54) is 6.42 Å². The molecule has 0 spiro atoms. The maximum Gasteiger partial charge on any atom is 0.309 e. The highest BCUT2D eigenvalue weighted by Gasteiger charge is 2.37. The normalized spacial score (nSPS) is 23.7. The van der Waals surface area contributed by atoms with E-state index in [1.54, 1.807) is 0 Å². The van der Waals surface area contributed by atoms with Gasteiger partial charge in [0.2, 0.25) is 0 Å². The number of esters is 1. The average molecular weight is 409 g/mol. The third-order valence-electron chi connectivity index (χ3n) is 6.66. The van der Waals surface area contributed by atoms with Gasteiger partial charge in [0.25, 0.3) is 0 Å². The average Bonchev–Trinajstić information content (AvgIpc) is 2.73. The smallest absolute Gasteiger partial charge is 0.309 e. The van der Waals surface area contributed by atoms with Gasteiger partial charge in [0, 0.05) is 0 Å². The van der Waals surface area contributed by atoms with Crippen molar-refractivity contribution in [2.45, 2.75) is 71.0 Å². The Bertz CT molecular complexity index is 786. The monoisotopic (exact) mass is 408 g/mol. The fourth-order valence-electron chi connectivity index (χ4n) is 4.78. The number of rotatable bonds is 8. The first-order valence-electron chi connectivity index (χ1n) is 11.4. The van der Waals surface area contributed by atoms with Gasteiger partial charge in [-0.25, -0.2) is 0 Å². The van der Waals surface area contributed by atoms with Crippen LogP contribution in [0.2, 0.25) is 0 Å². The number of aryl methyl sites for hydroxylation is 1. The second kappa shape index (κ2) is 10.3. The quantitative estimate of drug-likeness (QED) is 0.553. The van der Waals surface area contributed by atoms with Crippen molar-refractivity contribution in [2.75, 3.05) is 0 Å². The Balaban J connectivity index is 1.72. The number of hydrogen-bond donors (Lipinski definition) is 1. The van der Waals surface area contributed by atoms with Crippen LogP contribution in [0.25, 0.3) is 0 Å². The molecule has 1 aliphatic carbocycles. The topological polar surface area (TPSA) is 46.5 Å². The summed E-state index contributed by atoms with van der Waals surface area (Å²) in [6.07, 6.45) is 4.34. The van der Waals surface area contributed by atoms with Crippen LogP contribution in [0.4, 0.5) is 0 Å². The van der Waals surface area contributed by atoms with Crippen LogP contribution in [0.1, 0.15) is 64.0 Å². The summed E-state index contributed by atoms with van der Waals surface area (Å²) in [5.74, 6) is 1.17. The van der Waals surface area contributed by atoms with Crippen molar-refractivity contribution in [3.63, 3.8) is 0 Å². The minimum atomic E-state index is -1.23. The molecule has 162 valence electrons. The highest BCUT2D eigenvalue weighted by atomic mass is 16.5. The fraction of sp³-hybridized carbons (Fsp3) is 0.519. The molecule has 30 heavy (non-hydrogen) atoms. The van der Waals surface area contributed by atoms with Gasteiger partial charge >= 0.3 is 5.97 Å². The first-order valence-corrected chi connectivity index (χ1v) is 11.4. The van der Waals surface area contributed by atoms with E-state index in [4.69, 9.17) is 4.74 Å². The van der Waals surface area contributed by atoms with Crippen LogP contribution < -0.4 is 0 Å². The molecule has 3 heteroatoms. The molecular weight excluding hydrogens is 372 g/mol. The third-order valence-corrected chi connectivity index (χ3v) is 6.66. The Morgan fingerprint density at radius 1 is 1.07 bits per heavy atom. The summed E-state index contributed by atoms with van der Waals surface area (Å²) >= 11 is 0. The maximum absolute atomic E-state index is 13.0. The third kappa shape index (κ3) is 5.95. The lowest BCUT2D eigenvalue weighted by molar-refractivity contribution is -0.162. The highest BCUT2D eigenvalue weighted by molar-refractivity contribution is 5.71. The molecule has 0 amide bonds. The largest absolute Gasteiger partial charge is 0.462 e. The summed E-state index contributed by atoms with van der Waals surface area (Å²) in [4.78, 5) is 13.0. The van der Waals surface area contributed by atoms with Gasteiger partial charge in [-0.15, -0.1) is 0 Å². The number of hydrogen-bond acceptors (Lipinski definition) is 3. The molecule has 2 aromatic carbocycles. The van der Waals surface area contributed by atoms with Gasteiger partial charge in [-0.05, 0) is 54.6 Å². The molecule has 0 aliphatic heterocycles. The maximum atomic E-state index is 13.0. The SMILES string of the molecule is CC(C)[C@@H]1CC[C@@H](C)C[C@H]1OC(=O)C[C@@](O)(CCc1ccccc1)c1ccccc1. The van der Waals surface area contributed by atoms with Crippen molar-refractivity contribution in [1.29, 1.82) is 0 Å². The van der Waals surface area contributed by atoms with Crippen LogP contribution >= 0.6 is 0 Å².